The van der Waals surface area contributed by atoms with Crippen molar-refractivity contribution in [3.8, 4) is 0 Å². The molecule has 1 aliphatic carbocycles. The molecule has 1 saturated heterocycles. The topological polar surface area (TPSA) is 24.5 Å². The average Bonchev–Trinajstić information content (AvgIpc) is 2.72. The zero-order valence-electron chi connectivity index (χ0n) is 12.8. The van der Waals surface area contributed by atoms with Gasteiger partial charge in [-0.2, -0.15) is 0 Å². The molecule has 0 spiro atoms. The van der Waals surface area contributed by atoms with Crippen LogP contribution in [0, 0.1) is 16.7 Å². The van der Waals surface area contributed by atoms with Gasteiger partial charge in [0.05, 0.1) is 12.7 Å². The van der Waals surface area contributed by atoms with E-state index in [0.717, 1.165) is 45.2 Å². The zero-order chi connectivity index (χ0) is 13.4. The molecule has 0 aromatic carbocycles. The predicted octanol–water partition coefficient (Wildman–Crippen LogP) is 1.98. The van der Waals surface area contributed by atoms with Gasteiger partial charge in [0.15, 0.2) is 0 Å². The molecule has 1 atom stereocenters. The summed E-state index contributed by atoms with van der Waals surface area (Å²) in [6, 6.07) is 0. The first kappa shape index (κ1) is 14.3. The summed E-state index contributed by atoms with van der Waals surface area (Å²) in [4.78, 5) is 2.47. The first-order chi connectivity index (χ1) is 8.39. The molecule has 0 amide bonds. The Hall–Kier alpha value is -0.120. The van der Waals surface area contributed by atoms with Crippen molar-refractivity contribution in [3.05, 3.63) is 0 Å². The van der Waals surface area contributed by atoms with Crippen LogP contribution in [0.25, 0.3) is 0 Å². The van der Waals surface area contributed by atoms with Crippen molar-refractivity contribution >= 4 is 0 Å². The molecule has 1 heterocycles. The highest BCUT2D eigenvalue weighted by atomic mass is 16.5. The molecule has 1 aliphatic heterocycles. The van der Waals surface area contributed by atoms with Crippen LogP contribution < -0.4 is 5.32 Å². The van der Waals surface area contributed by atoms with Crippen molar-refractivity contribution in [2.24, 2.45) is 16.7 Å². The highest BCUT2D eigenvalue weighted by molar-refractivity contribution is 5.12. The lowest BCUT2D eigenvalue weighted by molar-refractivity contribution is -0.0253. The Bertz CT molecular complexity index is 274. The predicted molar refractivity (Wildman–Crippen MR) is 75.8 cm³/mol. The highest BCUT2D eigenvalue weighted by Crippen LogP contribution is 2.67. The standard InChI is InChI=1S/C15H30N2O/c1-6-17-7-8-18-12(11-17)9-16-10-13-14(2,3)15(13,4)5/h12-13,16H,6-11H2,1-5H3. The monoisotopic (exact) mass is 254 g/mol. The van der Waals surface area contributed by atoms with Crippen molar-refractivity contribution in [3.63, 3.8) is 0 Å². The Morgan fingerprint density at radius 3 is 2.39 bits per heavy atom. The van der Waals surface area contributed by atoms with Gasteiger partial charge in [-0.1, -0.05) is 34.6 Å². The molecule has 1 N–H and O–H groups in total. The number of nitrogens with zero attached hydrogens (tertiary/aromatic N) is 1. The summed E-state index contributed by atoms with van der Waals surface area (Å²) < 4.78 is 5.81. The van der Waals surface area contributed by atoms with Gasteiger partial charge in [-0.25, -0.2) is 0 Å². The van der Waals surface area contributed by atoms with E-state index in [9.17, 15) is 0 Å². The number of hydrogen-bond acceptors (Lipinski definition) is 3. The number of ether oxygens (including phenoxy) is 1. The second-order valence-electron chi connectivity index (χ2n) is 7.04. The molecule has 2 rings (SSSR count). The molecule has 0 aromatic heterocycles. The molecule has 1 saturated carbocycles. The summed E-state index contributed by atoms with van der Waals surface area (Å²) in [6.07, 6.45) is 0.378. The molecule has 2 fully saturated rings. The molecule has 3 heteroatoms. The van der Waals surface area contributed by atoms with Crippen LogP contribution >= 0.6 is 0 Å². The highest BCUT2D eigenvalue weighted by Gasteiger charge is 2.63. The summed E-state index contributed by atoms with van der Waals surface area (Å²) in [5.74, 6) is 0.802. The van der Waals surface area contributed by atoms with E-state index in [1.54, 1.807) is 0 Å². The van der Waals surface area contributed by atoms with Gasteiger partial charge >= 0.3 is 0 Å². The van der Waals surface area contributed by atoms with Crippen LogP contribution in [0.2, 0.25) is 0 Å². The van der Waals surface area contributed by atoms with Gasteiger partial charge in [-0.05, 0) is 29.8 Å². The fourth-order valence-corrected chi connectivity index (χ4v) is 3.42. The van der Waals surface area contributed by atoms with E-state index in [0.29, 0.717) is 16.9 Å². The summed E-state index contributed by atoms with van der Waals surface area (Å²) in [5, 5.41) is 3.62. The van der Waals surface area contributed by atoms with E-state index >= 15 is 0 Å². The minimum atomic E-state index is 0.378. The maximum Gasteiger partial charge on any atom is 0.0826 e. The van der Waals surface area contributed by atoms with Crippen LogP contribution in [-0.4, -0.2) is 50.3 Å². The maximum atomic E-state index is 5.81. The summed E-state index contributed by atoms with van der Waals surface area (Å²) in [5.41, 5.74) is 0.978. The normalized spacial score (nSPS) is 31.5. The van der Waals surface area contributed by atoms with E-state index < -0.39 is 0 Å². The Labute approximate surface area is 112 Å². The Morgan fingerprint density at radius 1 is 1.17 bits per heavy atom. The van der Waals surface area contributed by atoms with Gasteiger partial charge in [0.1, 0.15) is 0 Å². The van der Waals surface area contributed by atoms with Gasteiger partial charge in [-0.3, -0.25) is 4.90 Å². The molecule has 0 radical (unpaired) electrons. The number of rotatable bonds is 5. The van der Waals surface area contributed by atoms with Crippen molar-refractivity contribution in [1.82, 2.24) is 10.2 Å². The Kier molecular flexibility index (Phi) is 4.05. The lowest BCUT2D eigenvalue weighted by Gasteiger charge is -2.32. The van der Waals surface area contributed by atoms with Crippen LogP contribution in [0.4, 0.5) is 0 Å². The first-order valence-electron chi connectivity index (χ1n) is 7.44. The van der Waals surface area contributed by atoms with E-state index in [1.165, 1.54) is 0 Å². The number of hydrogen-bond donors (Lipinski definition) is 1. The molecule has 0 aromatic rings. The van der Waals surface area contributed by atoms with Crippen molar-refractivity contribution in [2.75, 3.05) is 39.3 Å². The van der Waals surface area contributed by atoms with Gasteiger partial charge in [0.2, 0.25) is 0 Å². The maximum absolute atomic E-state index is 5.81. The van der Waals surface area contributed by atoms with E-state index in [1.807, 2.05) is 0 Å². The lowest BCUT2D eigenvalue weighted by Crippen LogP contribution is -2.46. The summed E-state index contributed by atoms with van der Waals surface area (Å²) in [6.45, 7) is 18.1. The fraction of sp³-hybridized carbons (Fsp3) is 1.00. The minimum Gasteiger partial charge on any atom is -0.374 e. The molecule has 0 bridgehead atoms. The number of likely N-dealkylation sites (N-methyl/N-ethyl adjacent to an activating group) is 1. The smallest absolute Gasteiger partial charge is 0.0826 e. The van der Waals surface area contributed by atoms with Crippen LogP contribution in [0.3, 0.4) is 0 Å². The third-order valence-corrected chi connectivity index (χ3v) is 5.71. The second-order valence-corrected chi connectivity index (χ2v) is 7.04. The molecular formula is C15H30N2O. The molecule has 18 heavy (non-hydrogen) atoms. The Morgan fingerprint density at radius 2 is 1.83 bits per heavy atom. The average molecular weight is 254 g/mol. The van der Waals surface area contributed by atoms with Crippen LogP contribution in [0.1, 0.15) is 34.6 Å². The van der Waals surface area contributed by atoms with E-state index in [4.69, 9.17) is 4.74 Å². The van der Waals surface area contributed by atoms with E-state index in [-0.39, 0.29) is 0 Å². The van der Waals surface area contributed by atoms with Gasteiger partial charge in [-0.15, -0.1) is 0 Å². The Balaban J connectivity index is 1.67. The van der Waals surface area contributed by atoms with Crippen molar-refractivity contribution in [1.29, 1.82) is 0 Å². The molecular weight excluding hydrogens is 224 g/mol. The van der Waals surface area contributed by atoms with Gasteiger partial charge in [0, 0.05) is 19.6 Å². The third kappa shape index (κ3) is 2.59. The quantitative estimate of drug-likeness (QED) is 0.812. The van der Waals surface area contributed by atoms with E-state index in [2.05, 4.69) is 44.8 Å². The van der Waals surface area contributed by atoms with Crippen LogP contribution in [0.5, 0.6) is 0 Å². The first-order valence-corrected chi connectivity index (χ1v) is 7.44. The largest absolute Gasteiger partial charge is 0.374 e. The SMILES string of the molecule is CCN1CCOC(CNCC2C(C)(C)C2(C)C)C1. The third-order valence-electron chi connectivity index (χ3n) is 5.71. The summed E-state index contributed by atoms with van der Waals surface area (Å²) >= 11 is 0. The summed E-state index contributed by atoms with van der Waals surface area (Å²) in [7, 11) is 0. The second kappa shape index (κ2) is 5.10. The zero-order valence-corrected chi connectivity index (χ0v) is 12.8. The fourth-order valence-electron chi connectivity index (χ4n) is 3.42. The number of morpholine rings is 1. The molecule has 1 unspecified atom stereocenters. The van der Waals surface area contributed by atoms with Gasteiger partial charge < -0.3 is 10.1 Å². The lowest BCUT2D eigenvalue weighted by atomic mass is 10.0. The molecule has 2 aliphatic rings. The van der Waals surface area contributed by atoms with Crippen LogP contribution in [-0.2, 0) is 4.74 Å². The van der Waals surface area contributed by atoms with Crippen molar-refractivity contribution in [2.45, 2.75) is 40.7 Å². The number of nitrogens with one attached hydrogen (secondary N) is 1. The molecule has 3 nitrogen and oxygen atoms in total. The minimum absolute atomic E-state index is 0.378. The van der Waals surface area contributed by atoms with Gasteiger partial charge in [0.25, 0.3) is 0 Å². The molecule has 106 valence electrons. The van der Waals surface area contributed by atoms with Crippen LogP contribution in [0.15, 0.2) is 0 Å². The van der Waals surface area contributed by atoms with Crippen molar-refractivity contribution < 1.29 is 4.74 Å².